The smallest absolute Gasteiger partial charge is 0.355 e. The molecule has 0 radical (unpaired) electrons. The van der Waals surface area contributed by atoms with E-state index in [1.165, 1.54) is 12.1 Å². The molecule has 0 spiro atoms. The van der Waals surface area contributed by atoms with Crippen molar-refractivity contribution in [1.82, 2.24) is 4.98 Å². The summed E-state index contributed by atoms with van der Waals surface area (Å²) in [5.74, 6) is -0.652. The van der Waals surface area contributed by atoms with E-state index in [4.69, 9.17) is 21.1 Å². The number of allylic oxidation sites excluding steroid dienone is 1. The van der Waals surface area contributed by atoms with Crippen LogP contribution >= 0.6 is 11.6 Å². The van der Waals surface area contributed by atoms with E-state index in [2.05, 4.69) is 4.98 Å². The van der Waals surface area contributed by atoms with Gasteiger partial charge < -0.3 is 19.6 Å². The average molecular weight is 392 g/mol. The van der Waals surface area contributed by atoms with E-state index in [1.54, 1.807) is 39.8 Å². The molecule has 1 aromatic carbocycles. The third-order valence-electron chi connectivity index (χ3n) is 3.94. The molecule has 0 amide bonds. The number of ketones is 1. The monoisotopic (exact) mass is 391 g/mol. The van der Waals surface area contributed by atoms with Crippen LogP contribution in [0.25, 0.3) is 6.08 Å². The van der Waals surface area contributed by atoms with Crippen molar-refractivity contribution < 1.29 is 24.2 Å². The van der Waals surface area contributed by atoms with Gasteiger partial charge in [0, 0.05) is 11.3 Å². The highest BCUT2D eigenvalue weighted by Gasteiger charge is 2.21. The Morgan fingerprint density at radius 3 is 2.56 bits per heavy atom. The van der Waals surface area contributed by atoms with Crippen molar-refractivity contribution in [2.45, 2.75) is 27.7 Å². The second kappa shape index (κ2) is 8.77. The standard InChI is InChI=1S/C20H22ClNO5/c1-5-26-16-10-13(9-14(21)19(16)24)7-8-15(23)17-11(3)18(22-12(17)4)20(25)27-6-2/h7-10,22,24H,5-6H2,1-4H3/b8-7+. The number of ether oxygens (including phenoxy) is 2. The average Bonchev–Trinajstić information content (AvgIpc) is 2.92. The predicted octanol–water partition coefficient (Wildman–Crippen LogP) is 4.46. The van der Waals surface area contributed by atoms with Gasteiger partial charge in [-0.2, -0.15) is 0 Å². The second-order valence-electron chi connectivity index (χ2n) is 5.83. The predicted molar refractivity (Wildman–Crippen MR) is 104 cm³/mol. The van der Waals surface area contributed by atoms with Crippen molar-refractivity contribution in [2.75, 3.05) is 13.2 Å². The zero-order chi connectivity index (χ0) is 20.1. The van der Waals surface area contributed by atoms with Gasteiger partial charge in [-0.05, 0) is 57.0 Å². The molecule has 0 unspecified atom stereocenters. The summed E-state index contributed by atoms with van der Waals surface area (Å²) in [6.07, 6.45) is 2.96. The third kappa shape index (κ3) is 4.52. The van der Waals surface area contributed by atoms with Crippen LogP contribution < -0.4 is 4.74 Å². The number of H-pyrrole nitrogens is 1. The van der Waals surface area contributed by atoms with Crippen LogP contribution in [0.1, 0.15) is 51.5 Å². The lowest BCUT2D eigenvalue weighted by molar-refractivity contribution is 0.0519. The topological polar surface area (TPSA) is 88.6 Å². The fraction of sp³-hybridized carbons (Fsp3) is 0.300. The number of nitrogens with one attached hydrogen (secondary N) is 1. The zero-order valence-corrected chi connectivity index (χ0v) is 16.4. The quantitative estimate of drug-likeness (QED) is 0.413. The molecule has 0 saturated carbocycles. The van der Waals surface area contributed by atoms with Gasteiger partial charge >= 0.3 is 5.97 Å². The van der Waals surface area contributed by atoms with E-state index in [0.717, 1.165) is 0 Å². The lowest BCUT2D eigenvalue weighted by Gasteiger charge is -2.08. The van der Waals surface area contributed by atoms with Crippen LogP contribution in [0.5, 0.6) is 11.5 Å². The van der Waals surface area contributed by atoms with Gasteiger partial charge in [-0.15, -0.1) is 0 Å². The maximum atomic E-state index is 12.6. The van der Waals surface area contributed by atoms with Gasteiger partial charge in [-0.1, -0.05) is 17.7 Å². The third-order valence-corrected chi connectivity index (χ3v) is 4.23. The van der Waals surface area contributed by atoms with Crippen molar-refractivity contribution in [1.29, 1.82) is 0 Å². The van der Waals surface area contributed by atoms with Crippen molar-refractivity contribution >= 4 is 29.4 Å². The number of carbonyl (C=O) groups is 2. The molecule has 7 heteroatoms. The molecular formula is C20H22ClNO5. The Labute approximate surface area is 162 Å². The SMILES string of the molecule is CCOC(=O)c1[nH]c(C)c(C(=O)/C=C/c2cc(Cl)c(O)c(OCC)c2)c1C. The van der Waals surface area contributed by atoms with Gasteiger partial charge in [0.05, 0.1) is 18.2 Å². The largest absolute Gasteiger partial charge is 0.503 e. The molecule has 144 valence electrons. The minimum atomic E-state index is -0.493. The molecule has 2 rings (SSSR count). The first-order valence-electron chi connectivity index (χ1n) is 8.54. The van der Waals surface area contributed by atoms with Crippen LogP contribution in [0.15, 0.2) is 18.2 Å². The molecule has 0 aliphatic carbocycles. The summed E-state index contributed by atoms with van der Waals surface area (Å²) in [5.41, 5.74) is 2.43. The molecule has 6 nitrogen and oxygen atoms in total. The van der Waals surface area contributed by atoms with Crippen molar-refractivity contribution in [3.05, 3.63) is 51.3 Å². The highest BCUT2D eigenvalue weighted by molar-refractivity contribution is 6.32. The number of aryl methyl sites for hydroxylation is 1. The Morgan fingerprint density at radius 1 is 1.22 bits per heavy atom. The fourth-order valence-corrected chi connectivity index (χ4v) is 2.96. The van der Waals surface area contributed by atoms with Gasteiger partial charge in [0.15, 0.2) is 17.3 Å². The van der Waals surface area contributed by atoms with Gasteiger partial charge in [-0.3, -0.25) is 4.79 Å². The number of benzene rings is 1. The first-order valence-corrected chi connectivity index (χ1v) is 8.91. The number of hydrogen-bond donors (Lipinski definition) is 2. The number of carbonyl (C=O) groups excluding carboxylic acids is 2. The lowest BCUT2D eigenvalue weighted by atomic mass is 10.0. The van der Waals surface area contributed by atoms with Crippen LogP contribution in [-0.4, -0.2) is 35.1 Å². The molecule has 1 aromatic heterocycles. The molecule has 0 bridgehead atoms. The highest BCUT2D eigenvalue weighted by Crippen LogP contribution is 2.35. The summed E-state index contributed by atoms with van der Waals surface area (Å²) in [6.45, 7) is 7.55. The van der Waals surface area contributed by atoms with Crippen molar-refractivity contribution in [2.24, 2.45) is 0 Å². The van der Waals surface area contributed by atoms with Crippen LogP contribution in [0.3, 0.4) is 0 Å². The summed E-state index contributed by atoms with van der Waals surface area (Å²) in [4.78, 5) is 27.5. The first kappa shape index (κ1) is 20.6. The van der Waals surface area contributed by atoms with Gasteiger partial charge in [0.2, 0.25) is 0 Å². The summed E-state index contributed by atoms with van der Waals surface area (Å²) in [6, 6.07) is 3.12. The summed E-state index contributed by atoms with van der Waals surface area (Å²) < 4.78 is 10.3. The maximum absolute atomic E-state index is 12.6. The molecule has 1 heterocycles. The number of phenols is 1. The van der Waals surface area contributed by atoms with Crippen LogP contribution in [0, 0.1) is 13.8 Å². The Morgan fingerprint density at radius 2 is 1.93 bits per heavy atom. The maximum Gasteiger partial charge on any atom is 0.355 e. The molecule has 0 saturated heterocycles. The number of aromatic nitrogens is 1. The van der Waals surface area contributed by atoms with Crippen LogP contribution in [0.2, 0.25) is 5.02 Å². The fourth-order valence-electron chi connectivity index (χ4n) is 2.74. The minimum Gasteiger partial charge on any atom is -0.503 e. The normalized spacial score (nSPS) is 11.0. The van der Waals surface area contributed by atoms with E-state index in [9.17, 15) is 14.7 Å². The number of hydrogen-bond acceptors (Lipinski definition) is 5. The molecular weight excluding hydrogens is 370 g/mol. The Kier molecular flexibility index (Phi) is 6.69. The molecule has 2 N–H and O–H groups in total. The van der Waals surface area contributed by atoms with Gasteiger partial charge in [0.1, 0.15) is 5.69 Å². The second-order valence-corrected chi connectivity index (χ2v) is 6.23. The van der Waals surface area contributed by atoms with Gasteiger partial charge in [-0.25, -0.2) is 4.79 Å². The Bertz CT molecular complexity index is 898. The molecule has 0 aliphatic rings. The molecule has 0 atom stereocenters. The number of esters is 1. The number of phenolic OH excluding ortho intramolecular Hbond substituents is 1. The van der Waals surface area contributed by atoms with Gasteiger partial charge in [0.25, 0.3) is 0 Å². The number of rotatable bonds is 7. The molecule has 27 heavy (non-hydrogen) atoms. The van der Waals surface area contributed by atoms with Crippen LogP contribution in [0.4, 0.5) is 0 Å². The van der Waals surface area contributed by atoms with E-state index < -0.39 is 5.97 Å². The minimum absolute atomic E-state index is 0.131. The van der Waals surface area contributed by atoms with E-state index in [0.29, 0.717) is 29.0 Å². The number of halogens is 1. The number of aromatic amines is 1. The summed E-state index contributed by atoms with van der Waals surface area (Å²) in [7, 11) is 0. The molecule has 0 fully saturated rings. The first-order chi connectivity index (χ1) is 12.8. The van der Waals surface area contributed by atoms with E-state index in [1.807, 2.05) is 0 Å². The zero-order valence-electron chi connectivity index (χ0n) is 15.7. The number of aromatic hydroxyl groups is 1. The molecule has 0 aliphatic heterocycles. The lowest BCUT2D eigenvalue weighted by Crippen LogP contribution is -2.07. The summed E-state index contributed by atoms with van der Waals surface area (Å²) >= 11 is 6.00. The van der Waals surface area contributed by atoms with Crippen molar-refractivity contribution in [3.8, 4) is 11.5 Å². The van der Waals surface area contributed by atoms with Crippen LogP contribution in [-0.2, 0) is 4.74 Å². The van der Waals surface area contributed by atoms with E-state index >= 15 is 0 Å². The molecule has 2 aromatic rings. The Balaban J connectivity index is 2.31. The van der Waals surface area contributed by atoms with E-state index in [-0.39, 0.29) is 34.6 Å². The highest BCUT2D eigenvalue weighted by atomic mass is 35.5. The Hall–Kier alpha value is -2.73. The summed E-state index contributed by atoms with van der Waals surface area (Å²) in [5, 5.41) is 10.0. The van der Waals surface area contributed by atoms with Crippen molar-refractivity contribution in [3.63, 3.8) is 0 Å².